The molecule has 1 heterocycles. The van der Waals surface area contributed by atoms with Gasteiger partial charge in [0.2, 0.25) is 5.89 Å². The summed E-state index contributed by atoms with van der Waals surface area (Å²) in [6, 6.07) is 8.38. The van der Waals surface area contributed by atoms with Crippen molar-refractivity contribution in [1.82, 2.24) is 15.6 Å². The van der Waals surface area contributed by atoms with E-state index in [1.807, 2.05) is 19.9 Å². The highest BCUT2D eigenvalue weighted by molar-refractivity contribution is 9.10. The summed E-state index contributed by atoms with van der Waals surface area (Å²) in [5, 5.41) is 6.61. The molecule has 0 saturated carbocycles. The van der Waals surface area contributed by atoms with Crippen LogP contribution in [0.25, 0.3) is 0 Å². The smallest absolute Gasteiger partial charge is 0.214 e. The summed E-state index contributed by atoms with van der Waals surface area (Å²) in [5.74, 6) is 2.25. The molecule has 130 valence electrons. The molecule has 0 bridgehead atoms. The summed E-state index contributed by atoms with van der Waals surface area (Å²) in [6.45, 7) is 9.53. The van der Waals surface area contributed by atoms with E-state index in [1.54, 1.807) is 7.05 Å². The number of halogens is 1. The monoisotopic (exact) mass is 392 g/mol. The molecule has 0 fully saturated rings. The maximum Gasteiger partial charge on any atom is 0.214 e. The molecule has 0 amide bonds. The first-order valence-corrected chi connectivity index (χ1v) is 8.74. The number of hydrogen-bond donors (Lipinski definition) is 2. The van der Waals surface area contributed by atoms with Crippen LogP contribution in [0, 0.1) is 13.8 Å². The number of aliphatic imine (C=N–C) groups is 1. The molecule has 1 aromatic heterocycles. The van der Waals surface area contributed by atoms with Crippen LogP contribution in [0.3, 0.4) is 0 Å². The third-order valence-electron chi connectivity index (χ3n) is 4.01. The normalized spacial score (nSPS) is 12.3. The first-order valence-electron chi connectivity index (χ1n) is 7.95. The second-order valence-corrected chi connectivity index (χ2v) is 7.34. The van der Waals surface area contributed by atoms with Gasteiger partial charge >= 0.3 is 0 Å². The largest absolute Gasteiger partial charge is 0.444 e. The zero-order valence-corrected chi connectivity index (χ0v) is 16.5. The number of aryl methyl sites for hydroxylation is 2. The van der Waals surface area contributed by atoms with Crippen LogP contribution < -0.4 is 10.6 Å². The first kappa shape index (κ1) is 18.5. The summed E-state index contributed by atoms with van der Waals surface area (Å²) in [4.78, 5) is 8.63. The molecule has 24 heavy (non-hydrogen) atoms. The number of benzene rings is 1. The Hall–Kier alpha value is -1.82. The summed E-state index contributed by atoms with van der Waals surface area (Å²) in [5.41, 5.74) is 2.15. The van der Waals surface area contributed by atoms with Gasteiger partial charge in [0.05, 0.1) is 12.2 Å². The van der Waals surface area contributed by atoms with Crippen molar-refractivity contribution in [1.29, 1.82) is 0 Å². The number of nitrogens with zero attached hydrogens (tertiary/aromatic N) is 2. The van der Waals surface area contributed by atoms with E-state index in [4.69, 9.17) is 4.42 Å². The van der Waals surface area contributed by atoms with Gasteiger partial charge in [-0.2, -0.15) is 0 Å². The van der Waals surface area contributed by atoms with Gasteiger partial charge in [-0.25, -0.2) is 4.98 Å². The standard InChI is InChI=1S/C18H25BrN4O/c1-12-13(2)24-16(23-12)10-21-17(20-5)22-11-18(3,4)14-7-6-8-15(19)9-14/h6-9H,10-11H2,1-5H3,(H2,20,21,22). The summed E-state index contributed by atoms with van der Waals surface area (Å²) >= 11 is 3.53. The Bertz CT molecular complexity index is 702. The van der Waals surface area contributed by atoms with Gasteiger partial charge in [0, 0.05) is 23.5 Å². The molecule has 0 spiro atoms. The van der Waals surface area contributed by atoms with Crippen LogP contribution in [0.2, 0.25) is 0 Å². The highest BCUT2D eigenvalue weighted by Crippen LogP contribution is 2.25. The molecular formula is C18H25BrN4O. The molecule has 0 saturated heterocycles. The van der Waals surface area contributed by atoms with Gasteiger partial charge in [-0.15, -0.1) is 0 Å². The Morgan fingerprint density at radius 2 is 2.04 bits per heavy atom. The van der Waals surface area contributed by atoms with Gasteiger partial charge < -0.3 is 15.1 Å². The molecule has 6 heteroatoms. The lowest BCUT2D eigenvalue weighted by Gasteiger charge is -2.27. The fourth-order valence-corrected chi connectivity index (χ4v) is 2.71. The maximum atomic E-state index is 5.58. The lowest BCUT2D eigenvalue weighted by Crippen LogP contribution is -2.43. The van der Waals surface area contributed by atoms with Crippen LogP contribution in [0.1, 0.15) is 36.8 Å². The van der Waals surface area contributed by atoms with Crippen molar-refractivity contribution in [3.05, 3.63) is 51.6 Å². The Kier molecular flexibility index (Phi) is 6.04. The minimum atomic E-state index is -0.0302. The average molecular weight is 393 g/mol. The van der Waals surface area contributed by atoms with Crippen molar-refractivity contribution in [2.24, 2.45) is 4.99 Å². The Morgan fingerprint density at radius 1 is 1.29 bits per heavy atom. The number of oxazole rings is 1. The van der Waals surface area contributed by atoms with Crippen LogP contribution >= 0.6 is 15.9 Å². The Labute approximate surface area is 152 Å². The quantitative estimate of drug-likeness (QED) is 0.601. The number of hydrogen-bond acceptors (Lipinski definition) is 3. The minimum Gasteiger partial charge on any atom is -0.444 e. The van der Waals surface area contributed by atoms with E-state index < -0.39 is 0 Å². The van der Waals surface area contributed by atoms with E-state index in [2.05, 4.69) is 68.6 Å². The van der Waals surface area contributed by atoms with Crippen molar-refractivity contribution in [2.45, 2.75) is 39.7 Å². The van der Waals surface area contributed by atoms with Gasteiger partial charge in [0.25, 0.3) is 0 Å². The lowest BCUT2D eigenvalue weighted by molar-refractivity contribution is 0.461. The SMILES string of the molecule is CN=C(NCc1nc(C)c(C)o1)NCC(C)(C)c1cccc(Br)c1. The van der Waals surface area contributed by atoms with Crippen molar-refractivity contribution < 1.29 is 4.42 Å². The van der Waals surface area contributed by atoms with Crippen LogP contribution in [0.4, 0.5) is 0 Å². The van der Waals surface area contributed by atoms with Gasteiger partial charge in [0.1, 0.15) is 5.76 Å². The molecule has 0 unspecified atom stereocenters. The second kappa shape index (κ2) is 7.83. The Balaban J connectivity index is 1.93. The van der Waals surface area contributed by atoms with E-state index in [0.29, 0.717) is 12.4 Å². The van der Waals surface area contributed by atoms with Gasteiger partial charge in [0.15, 0.2) is 5.96 Å². The summed E-state index contributed by atoms with van der Waals surface area (Å²) < 4.78 is 6.66. The van der Waals surface area contributed by atoms with Crippen LogP contribution in [-0.4, -0.2) is 24.5 Å². The zero-order chi connectivity index (χ0) is 17.7. The van der Waals surface area contributed by atoms with Crippen molar-refractivity contribution >= 4 is 21.9 Å². The van der Waals surface area contributed by atoms with Crippen LogP contribution in [0.5, 0.6) is 0 Å². The zero-order valence-electron chi connectivity index (χ0n) is 14.9. The molecular weight excluding hydrogens is 368 g/mol. The molecule has 5 nitrogen and oxygen atoms in total. The highest BCUT2D eigenvalue weighted by Gasteiger charge is 2.21. The highest BCUT2D eigenvalue weighted by atomic mass is 79.9. The van der Waals surface area contributed by atoms with Crippen molar-refractivity contribution in [3.8, 4) is 0 Å². The van der Waals surface area contributed by atoms with Crippen LogP contribution in [0.15, 0.2) is 38.1 Å². The third-order valence-corrected chi connectivity index (χ3v) is 4.50. The van der Waals surface area contributed by atoms with E-state index in [1.165, 1.54) is 5.56 Å². The van der Waals surface area contributed by atoms with E-state index in [0.717, 1.165) is 28.4 Å². The average Bonchev–Trinajstić information content (AvgIpc) is 2.86. The van der Waals surface area contributed by atoms with E-state index >= 15 is 0 Å². The van der Waals surface area contributed by atoms with Crippen molar-refractivity contribution in [2.75, 3.05) is 13.6 Å². The Morgan fingerprint density at radius 3 is 2.62 bits per heavy atom. The van der Waals surface area contributed by atoms with Crippen molar-refractivity contribution in [3.63, 3.8) is 0 Å². The van der Waals surface area contributed by atoms with Crippen LogP contribution in [-0.2, 0) is 12.0 Å². The number of aromatic nitrogens is 1. The predicted octanol–water partition coefficient (Wildman–Crippen LogP) is 3.70. The molecule has 1 aromatic carbocycles. The lowest BCUT2D eigenvalue weighted by atomic mass is 9.85. The predicted molar refractivity (Wildman–Crippen MR) is 101 cm³/mol. The van der Waals surface area contributed by atoms with E-state index in [-0.39, 0.29) is 5.41 Å². The van der Waals surface area contributed by atoms with E-state index in [9.17, 15) is 0 Å². The number of guanidine groups is 1. The fourth-order valence-electron chi connectivity index (χ4n) is 2.31. The molecule has 2 aromatic rings. The summed E-state index contributed by atoms with van der Waals surface area (Å²) in [6.07, 6.45) is 0. The molecule has 0 atom stereocenters. The molecule has 0 aliphatic carbocycles. The molecule has 0 radical (unpaired) electrons. The fraction of sp³-hybridized carbons (Fsp3) is 0.444. The molecule has 2 N–H and O–H groups in total. The topological polar surface area (TPSA) is 62.5 Å². The molecule has 2 rings (SSSR count). The summed E-state index contributed by atoms with van der Waals surface area (Å²) in [7, 11) is 1.76. The van der Waals surface area contributed by atoms with Gasteiger partial charge in [-0.3, -0.25) is 4.99 Å². The number of nitrogens with one attached hydrogen (secondary N) is 2. The number of rotatable bonds is 5. The maximum absolute atomic E-state index is 5.58. The second-order valence-electron chi connectivity index (χ2n) is 6.42. The molecule has 0 aliphatic rings. The third kappa shape index (κ3) is 4.84. The minimum absolute atomic E-state index is 0.0302. The van der Waals surface area contributed by atoms with Gasteiger partial charge in [-0.05, 0) is 31.5 Å². The van der Waals surface area contributed by atoms with Gasteiger partial charge in [-0.1, -0.05) is 41.9 Å². The molecule has 0 aliphatic heterocycles. The first-order chi connectivity index (χ1) is 11.3.